The molecule has 1 amide bonds. The van der Waals surface area contributed by atoms with E-state index in [0.717, 1.165) is 61.5 Å². The summed E-state index contributed by atoms with van der Waals surface area (Å²) in [7, 11) is 1.79. The molecule has 8 nitrogen and oxygen atoms in total. The van der Waals surface area contributed by atoms with Crippen LogP contribution in [0, 0.1) is 11.3 Å². The van der Waals surface area contributed by atoms with Crippen LogP contribution >= 0.6 is 0 Å². The fourth-order valence-electron chi connectivity index (χ4n) is 5.31. The number of carbonyl (C=O) groups is 1. The van der Waals surface area contributed by atoms with Crippen LogP contribution in [0.3, 0.4) is 0 Å². The number of anilines is 1. The standard InChI is InChI=1S/C28H37N5O3/c1-28(2,3)19-33-24-9-8-23(29-25(24)30(4)27(33)35)21-6-5-7-22(18-21)31-12-14-32(15-13-31)26(34)20-10-16-36-17-11-20/h5-9,18,20H,10-17,19H2,1-4H3. The molecule has 36 heavy (non-hydrogen) atoms. The van der Waals surface area contributed by atoms with Crippen molar-refractivity contribution >= 4 is 22.8 Å². The van der Waals surface area contributed by atoms with E-state index in [2.05, 4.69) is 49.9 Å². The highest BCUT2D eigenvalue weighted by Crippen LogP contribution is 2.27. The van der Waals surface area contributed by atoms with Gasteiger partial charge >= 0.3 is 5.69 Å². The normalized spacial score (nSPS) is 17.7. The molecule has 2 fully saturated rings. The number of pyridine rings is 1. The fraction of sp³-hybridized carbons (Fsp3) is 0.536. The van der Waals surface area contributed by atoms with Gasteiger partial charge in [-0.15, -0.1) is 0 Å². The zero-order chi connectivity index (χ0) is 25.4. The third kappa shape index (κ3) is 4.91. The molecule has 192 valence electrons. The van der Waals surface area contributed by atoms with E-state index >= 15 is 0 Å². The minimum atomic E-state index is -0.0357. The Balaban J connectivity index is 1.33. The predicted molar refractivity (Wildman–Crippen MR) is 142 cm³/mol. The Morgan fingerprint density at radius 2 is 1.78 bits per heavy atom. The van der Waals surface area contributed by atoms with Crippen molar-refractivity contribution in [2.45, 2.75) is 40.2 Å². The molecular formula is C28H37N5O3. The Bertz CT molecular complexity index is 1300. The van der Waals surface area contributed by atoms with Gasteiger partial charge in [0.05, 0.1) is 11.2 Å². The number of aryl methyl sites for hydroxylation is 1. The molecule has 0 spiro atoms. The number of carbonyl (C=O) groups excluding carboxylic acids is 1. The first-order valence-electron chi connectivity index (χ1n) is 13.0. The lowest BCUT2D eigenvalue weighted by Gasteiger charge is -2.38. The Hall–Kier alpha value is -3.13. The van der Waals surface area contributed by atoms with Crippen molar-refractivity contribution in [1.82, 2.24) is 19.0 Å². The second kappa shape index (κ2) is 9.73. The molecule has 8 heteroatoms. The van der Waals surface area contributed by atoms with Crippen molar-refractivity contribution in [2.75, 3.05) is 44.3 Å². The molecule has 4 heterocycles. The second-order valence-electron chi connectivity index (χ2n) is 11.3. The summed E-state index contributed by atoms with van der Waals surface area (Å²) in [6.07, 6.45) is 1.67. The molecule has 0 unspecified atom stereocenters. The fourth-order valence-corrected chi connectivity index (χ4v) is 5.31. The van der Waals surface area contributed by atoms with Crippen LogP contribution in [0.1, 0.15) is 33.6 Å². The maximum absolute atomic E-state index is 12.9. The van der Waals surface area contributed by atoms with Crippen LogP contribution in [0.25, 0.3) is 22.4 Å². The van der Waals surface area contributed by atoms with Crippen LogP contribution in [0.4, 0.5) is 5.69 Å². The number of fused-ring (bicyclic) bond motifs is 1. The Labute approximate surface area is 212 Å². The van der Waals surface area contributed by atoms with Gasteiger partial charge in [0, 0.05) is 70.2 Å². The van der Waals surface area contributed by atoms with Gasteiger partial charge in [-0.3, -0.25) is 13.9 Å². The molecule has 2 saturated heterocycles. The van der Waals surface area contributed by atoms with Crippen molar-refractivity contribution in [3.8, 4) is 11.3 Å². The van der Waals surface area contributed by atoms with Gasteiger partial charge in [0.2, 0.25) is 5.91 Å². The summed E-state index contributed by atoms with van der Waals surface area (Å²) in [5.74, 6) is 0.400. The van der Waals surface area contributed by atoms with E-state index < -0.39 is 0 Å². The van der Waals surface area contributed by atoms with Gasteiger partial charge < -0.3 is 14.5 Å². The monoisotopic (exact) mass is 491 g/mol. The molecular weight excluding hydrogens is 454 g/mol. The summed E-state index contributed by atoms with van der Waals surface area (Å²) in [4.78, 5) is 35.0. The smallest absolute Gasteiger partial charge is 0.330 e. The number of nitrogens with zero attached hydrogens (tertiary/aromatic N) is 5. The molecule has 0 bridgehead atoms. The number of piperazine rings is 1. The third-order valence-electron chi connectivity index (χ3n) is 7.28. The van der Waals surface area contributed by atoms with Gasteiger partial charge in [0.25, 0.3) is 0 Å². The van der Waals surface area contributed by atoms with Gasteiger partial charge in [0.15, 0.2) is 5.65 Å². The zero-order valence-electron chi connectivity index (χ0n) is 21.9. The molecule has 2 aliphatic heterocycles. The van der Waals surface area contributed by atoms with Crippen LogP contribution in [0.15, 0.2) is 41.2 Å². The number of hydrogen-bond acceptors (Lipinski definition) is 5. The predicted octanol–water partition coefficient (Wildman–Crippen LogP) is 3.52. The summed E-state index contributed by atoms with van der Waals surface area (Å²) in [6.45, 7) is 11.5. The number of hydrogen-bond donors (Lipinski definition) is 0. The summed E-state index contributed by atoms with van der Waals surface area (Å²) in [6, 6.07) is 12.4. The lowest BCUT2D eigenvalue weighted by Crippen LogP contribution is -2.51. The molecule has 1 aromatic carbocycles. The van der Waals surface area contributed by atoms with E-state index in [1.807, 2.05) is 21.6 Å². The molecule has 0 atom stereocenters. The number of ether oxygens (including phenoxy) is 1. The third-order valence-corrected chi connectivity index (χ3v) is 7.28. The molecule has 5 rings (SSSR count). The Kier molecular flexibility index (Phi) is 6.64. The zero-order valence-corrected chi connectivity index (χ0v) is 21.9. The summed E-state index contributed by atoms with van der Waals surface area (Å²) >= 11 is 0. The van der Waals surface area contributed by atoms with Crippen LogP contribution < -0.4 is 10.6 Å². The Morgan fingerprint density at radius 1 is 1.06 bits per heavy atom. The molecule has 0 aliphatic carbocycles. The van der Waals surface area contributed by atoms with E-state index in [9.17, 15) is 9.59 Å². The second-order valence-corrected chi connectivity index (χ2v) is 11.3. The molecule has 0 radical (unpaired) electrons. The lowest BCUT2D eigenvalue weighted by molar-refractivity contribution is -0.138. The van der Waals surface area contributed by atoms with E-state index in [-0.39, 0.29) is 22.9 Å². The maximum atomic E-state index is 12.9. The number of aromatic nitrogens is 3. The highest BCUT2D eigenvalue weighted by atomic mass is 16.5. The van der Waals surface area contributed by atoms with E-state index in [4.69, 9.17) is 9.72 Å². The molecule has 2 aromatic heterocycles. The van der Waals surface area contributed by atoms with Gasteiger partial charge in [0.1, 0.15) is 0 Å². The molecule has 3 aromatic rings. The average molecular weight is 492 g/mol. The first-order chi connectivity index (χ1) is 17.2. The Morgan fingerprint density at radius 3 is 2.47 bits per heavy atom. The van der Waals surface area contributed by atoms with Crippen molar-refractivity contribution < 1.29 is 9.53 Å². The SMILES string of the molecule is Cn1c(=O)n(CC(C)(C)C)c2ccc(-c3cccc(N4CCN(C(=O)C5CCOCC5)CC4)c3)nc21. The lowest BCUT2D eigenvalue weighted by atomic mass is 9.97. The van der Waals surface area contributed by atoms with Crippen molar-refractivity contribution in [2.24, 2.45) is 18.4 Å². The first-order valence-corrected chi connectivity index (χ1v) is 13.0. The van der Waals surface area contributed by atoms with Gasteiger partial charge in [-0.2, -0.15) is 0 Å². The van der Waals surface area contributed by atoms with Crippen LogP contribution in [-0.2, 0) is 23.1 Å². The van der Waals surface area contributed by atoms with Crippen LogP contribution in [0.2, 0.25) is 0 Å². The van der Waals surface area contributed by atoms with E-state index in [0.29, 0.717) is 25.4 Å². The number of rotatable bonds is 4. The number of imidazole rings is 1. The van der Waals surface area contributed by atoms with Gasteiger partial charge in [-0.05, 0) is 42.5 Å². The minimum Gasteiger partial charge on any atom is -0.381 e. The molecule has 0 N–H and O–H groups in total. The maximum Gasteiger partial charge on any atom is 0.330 e. The molecule has 0 saturated carbocycles. The minimum absolute atomic E-state index is 0.00936. The summed E-state index contributed by atoms with van der Waals surface area (Å²) < 4.78 is 8.88. The summed E-state index contributed by atoms with van der Waals surface area (Å²) in [5, 5.41) is 0. The van der Waals surface area contributed by atoms with E-state index in [1.165, 1.54) is 0 Å². The van der Waals surface area contributed by atoms with Crippen LogP contribution in [-0.4, -0.2) is 64.3 Å². The van der Waals surface area contributed by atoms with Crippen molar-refractivity contribution in [3.63, 3.8) is 0 Å². The summed E-state index contributed by atoms with van der Waals surface area (Å²) in [5.41, 5.74) is 4.52. The quantitative estimate of drug-likeness (QED) is 0.558. The number of benzene rings is 1. The molecule has 2 aliphatic rings. The van der Waals surface area contributed by atoms with Gasteiger partial charge in [-0.25, -0.2) is 9.78 Å². The topological polar surface area (TPSA) is 72.6 Å². The highest BCUT2D eigenvalue weighted by molar-refractivity contribution is 5.79. The van der Waals surface area contributed by atoms with Crippen molar-refractivity contribution in [3.05, 3.63) is 46.9 Å². The van der Waals surface area contributed by atoms with E-state index in [1.54, 1.807) is 11.6 Å². The first kappa shape index (κ1) is 24.6. The number of amides is 1. The van der Waals surface area contributed by atoms with Crippen LogP contribution in [0.5, 0.6) is 0 Å². The average Bonchev–Trinajstić information content (AvgIpc) is 3.12. The highest BCUT2D eigenvalue weighted by Gasteiger charge is 2.29. The largest absolute Gasteiger partial charge is 0.381 e. The van der Waals surface area contributed by atoms with Gasteiger partial charge in [-0.1, -0.05) is 32.9 Å². The van der Waals surface area contributed by atoms with Crippen molar-refractivity contribution in [1.29, 1.82) is 0 Å².